The average molecular weight is 424 g/mol. The van der Waals surface area contributed by atoms with Crippen LogP contribution in [0.4, 0.5) is 11.4 Å². The van der Waals surface area contributed by atoms with E-state index < -0.39 is 0 Å². The van der Waals surface area contributed by atoms with Gasteiger partial charge in [-0.2, -0.15) is 0 Å². The molecular formula is C25H33N3O3. The van der Waals surface area contributed by atoms with E-state index in [-0.39, 0.29) is 11.8 Å². The Kier molecular flexibility index (Phi) is 7.93. The first-order valence-corrected chi connectivity index (χ1v) is 11.1. The largest absolute Gasteiger partial charge is 0.494 e. The molecule has 6 nitrogen and oxygen atoms in total. The number of benzene rings is 2. The summed E-state index contributed by atoms with van der Waals surface area (Å²) in [7, 11) is 0. The maximum Gasteiger partial charge on any atom is 0.255 e. The van der Waals surface area contributed by atoms with Crippen molar-refractivity contribution in [3.05, 3.63) is 54.1 Å². The maximum atomic E-state index is 12.6. The van der Waals surface area contributed by atoms with Gasteiger partial charge in [0.15, 0.2) is 0 Å². The van der Waals surface area contributed by atoms with Gasteiger partial charge in [-0.25, -0.2) is 0 Å². The van der Waals surface area contributed by atoms with Gasteiger partial charge in [0.25, 0.3) is 5.91 Å². The molecule has 0 aliphatic carbocycles. The van der Waals surface area contributed by atoms with Crippen LogP contribution in [-0.2, 0) is 4.79 Å². The summed E-state index contributed by atoms with van der Waals surface area (Å²) >= 11 is 0. The molecule has 1 aliphatic rings. The van der Waals surface area contributed by atoms with Crippen molar-refractivity contribution in [3.63, 3.8) is 0 Å². The fourth-order valence-electron chi connectivity index (χ4n) is 3.60. The van der Waals surface area contributed by atoms with E-state index in [0.717, 1.165) is 44.0 Å². The van der Waals surface area contributed by atoms with Crippen molar-refractivity contribution in [2.75, 3.05) is 43.0 Å². The number of rotatable bonds is 8. The number of amides is 2. The lowest BCUT2D eigenvalue weighted by atomic mass is 10.1. The van der Waals surface area contributed by atoms with E-state index in [2.05, 4.69) is 24.1 Å². The molecule has 1 heterocycles. The average Bonchev–Trinajstić information content (AvgIpc) is 2.78. The summed E-state index contributed by atoms with van der Waals surface area (Å²) in [5.41, 5.74) is 2.42. The zero-order valence-corrected chi connectivity index (χ0v) is 18.8. The van der Waals surface area contributed by atoms with Crippen LogP contribution in [0, 0.1) is 5.92 Å². The molecule has 0 aromatic heterocycles. The van der Waals surface area contributed by atoms with Gasteiger partial charge in [0.05, 0.1) is 6.61 Å². The molecule has 2 amide bonds. The van der Waals surface area contributed by atoms with E-state index in [9.17, 15) is 9.59 Å². The van der Waals surface area contributed by atoms with Crippen LogP contribution in [-0.4, -0.2) is 49.5 Å². The van der Waals surface area contributed by atoms with E-state index in [1.54, 1.807) is 12.1 Å². The number of anilines is 2. The van der Waals surface area contributed by atoms with Crippen molar-refractivity contribution in [1.82, 2.24) is 4.90 Å². The first kappa shape index (κ1) is 22.7. The number of piperazine rings is 1. The summed E-state index contributed by atoms with van der Waals surface area (Å²) in [4.78, 5) is 29.1. The number of nitrogens with zero attached hydrogens (tertiary/aromatic N) is 2. The Bertz CT molecular complexity index is 872. The SMILES string of the molecule is CCCOc1cccc(C(=O)Nc2ccc(N3CCN(C(=O)CC(C)C)CC3)cc2)c1. The summed E-state index contributed by atoms with van der Waals surface area (Å²) in [6.45, 7) is 9.97. The first-order valence-electron chi connectivity index (χ1n) is 11.1. The van der Waals surface area contributed by atoms with Crippen LogP contribution in [0.3, 0.4) is 0 Å². The van der Waals surface area contributed by atoms with Gasteiger partial charge < -0.3 is 19.9 Å². The molecule has 0 bridgehead atoms. The topological polar surface area (TPSA) is 61.9 Å². The minimum Gasteiger partial charge on any atom is -0.494 e. The molecule has 1 saturated heterocycles. The molecule has 1 aliphatic heterocycles. The Balaban J connectivity index is 1.54. The predicted octanol–water partition coefficient (Wildman–Crippen LogP) is 4.42. The number of hydrogen-bond acceptors (Lipinski definition) is 4. The minimum atomic E-state index is -0.160. The Morgan fingerprint density at radius 1 is 1.03 bits per heavy atom. The van der Waals surface area contributed by atoms with E-state index in [1.165, 1.54) is 0 Å². The van der Waals surface area contributed by atoms with Gasteiger partial charge in [0, 0.05) is 49.5 Å². The highest BCUT2D eigenvalue weighted by Gasteiger charge is 2.21. The van der Waals surface area contributed by atoms with Gasteiger partial charge in [-0.3, -0.25) is 9.59 Å². The highest BCUT2D eigenvalue weighted by atomic mass is 16.5. The summed E-state index contributed by atoms with van der Waals surface area (Å²) < 4.78 is 5.61. The van der Waals surface area contributed by atoms with Crippen LogP contribution in [0.2, 0.25) is 0 Å². The molecule has 0 atom stereocenters. The lowest BCUT2D eigenvalue weighted by Gasteiger charge is -2.36. The Labute approximate surface area is 185 Å². The molecule has 31 heavy (non-hydrogen) atoms. The van der Waals surface area contributed by atoms with Gasteiger partial charge in [-0.05, 0) is 54.8 Å². The van der Waals surface area contributed by atoms with E-state index in [1.807, 2.05) is 48.2 Å². The maximum absolute atomic E-state index is 12.6. The van der Waals surface area contributed by atoms with Crippen LogP contribution < -0.4 is 15.0 Å². The highest BCUT2D eigenvalue weighted by molar-refractivity contribution is 6.04. The van der Waals surface area contributed by atoms with Crippen LogP contribution in [0.15, 0.2) is 48.5 Å². The van der Waals surface area contributed by atoms with Gasteiger partial charge in [0.1, 0.15) is 5.75 Å². The molecule has 0 unspecified atom stereocenters. The normalized spacial score (nSPS) is 13.9. The van der Waals surface area contributed by atoms with Crippen LogP contribution in [0.1, 0.15) is 44.0 Å². The Hall–Kier alpha value is -3.02. The van der Waals surface area contributed by atoms with Gasteiger partial charge in [-0.15, -0.1) is 0 Å². The van der Waals surface area contributed by atoms with E-state index in [4.69, 9.17) is 4.74 Å². The van der Waals surface area contributed by atoms with Crippen molar-refractivity contribution in [2.24, 2.45) is 5.92 Å². The molecule has 2 aromatic carbocycles. The molecular weight excluding hydrogens is 390 g/mol. The molecule has 1 fully saturated rings. The molecule has 6 heteroatoms. The standard InChI is InChI=1S/C25H33N3O3/c1-4-16-31-23-7-5-6-20(18-23)25(30)26-21-8-10-22(11-9-21)27-12-14-28(15-13-27)24(29)17-19(2)3/h5-11,18-19H,4,12-17H2,1-3H3,(H,26,30). The van der Waals surface area contributed by atoms with Crippen molar-refractivity contribution < 1.29 is 14.3 Å². The van der Waals surface area contributed by atoms with Crippen LogP contribution in [0.25, 0.3) is 0 Å². The zero-order chi connectivity index (χ0) is 22.2. The third-order valence-corrected chi connectivity index (χ3v) is 5.27. The fourth-order valence-corrected chi connectivity index (χ4v) is 3.60. The van der Waals surface area contributed by atoms with Crippen molar-refractivity contribution in [1.29, 1.82) is 0 Å². The van der Waals surface area contributed by atoms with Crippen molar-refractivity contribution in [3.8, 4) is 5.75 Å². The number of carbonyl (C=O) groups is 2. The molecule has 166 valence electrons. The summed E-state index contributed by atoms with van der Waals surface area (Å²) in [5, 5.41) is 2.95. The Morgan fingerprint density at radius 3 is 2.39 bits per heavy atom. The van der Waals surface area contributed by atoms with Crippen molar-refractivity contribution in [2.45, 2.75) is 33.6 Å². The highest BCUT2D eigenvalue weighted by Crippen LogP contribution is 2.21. The smallest absolute Gasteiger partial charge is 0.255 e. The molecule has 0 spiro atoms. The third kappa shape index (κ3) is 6.48. The monoisotopic (exact) mass is 423 g/mol. The molecule has 1 N–H and O–H groups in total. The summed E-state index contributed by atoms with van der Waals surface area (Å²) in [5.74, 6) is 1.18. The van der Waals surface area contributed by atoms with Gasteiger partial charge >= 0.3 is 0 Å². The minimum absolute atomic E-state index is 0.160. The van der Waals surface area contributed by atoms with Gasteiger partial charge in [0.2, 0.25) is 5.91 Å². The predicted molar refractivity (Wildman–Crippen MR) is 125 cm³/mol. The van der Waals surface area contributed by atoms with Crippen molar-refractivity contribution >= 4 is 23.2 Å². The lowest BCUT2D eigenvalue weighted by Crippen LogP contribution is -2.49. The molecule has 3 rings (SSSR count). The Morgan fingerprint density at radius 2 is 1.74 bits per heavy atom. The zero-order valence-electron chi connectivity index (χ0n) is 18.8. The van der Waals surface area contributed by atoms with Crippen LogP contribution >= 0.6 is 0 Å². The number of hydrogen-bond donors (Lipinski definition) is 1. The molecule has 2 aromatic rings. The fraction of sp³-hybridized carbons (Fsp3) is 0.440. The second-order valence-electron chi connectivity index (χ2n) is 8.34. The summed E-state index contributed by atoms with van der Waals surface area (Å²) in [6, 6.07) is 15.1. The third-order valence-electron chi connectivity index (χ3n) is 5.27. The van der Waals surface area contributed by atoms with E-state index >= 15 is 0 Å². The van der Waals surface area contributed by atoms with Crippen LogP contribution in [0.5, 0.6) is 5.75 Å². The number of ether oxygens (including phenoxy) is 1. The lowest BCUT2D eigenvalue weighted by molar-refractivity contribution is -0.132. The first-order chi connectivity index (χ1) is 15.0. The molecule has 0 radical (unpaired) electrons. The molecule has 0 saturated carbocycles. The van der Waals surface area contributed by atoms with Gasteiger partial charge in [-0.1, -0.05) is 26.8 Å². The number of carbonyl (C=O) groups excluding carboxylic acids is 2. The van der Waals surface area contributed by atoms with E-state index in [0.29, 0.717) is 30.3 Å². The quantitative estimate of drug-likeness (QED) is 0.683. The second-order valence-corrected chi connectivity index (χ2v) is 8.34. The second kappa shape index (κ2) is 10.8. The number of nitrogens with one attached hydrogen (secondary N) is 1. The summed E-state index contributed by atoms with van der Waals surface area (Å²) in [6.07, 6.45) is 1.54.